The van der Waals surface area contributed by atoms with E-state index in [4.69, 9.17) is 4.74 Å². The number of ether oxygens (including phenoxy) is 1. The maximum absolute atomic E-state index is 15.5. The van der Waals surface area contributed by atoms with E-state index in [1.807, 2.05) is 18.7 Å². The van der Waals surface area contributed by atoms with Crippen molar-refractivity contribution in [2.24, 2.45) is 47.3 Å². The third-order valence-electron chi connectivity index (χ3n) is 22.2. The quantitative estimate of drug-likeness (QED) is 0.0236. The van der Waals surface area contributed by atoms with Crippen molar-refractivity contribution in [1.82, 2.24) is 73.6 Å². The van der Waals surface area contributed by atoms with Crippen molar-refractivity contribution >= 4 is 82.8 Å². The summed E-state index contributed by atoms with van der Waals surface area (Å²) in [7, 11) is 0. The molecule has 16 atom stereocenters. The first-order valence-corrected chi connectivity index (χ1v) is 42.8. The number of cyclic esters (lactones) is 1. The molecular formula is C89H134F2N14O16. The van der Waals surface area contributed by atoms with Gasteiger partial charge in [0.15, 0.2) is 0 Å². The van der Waals surface area contributed by atoms with E-state index < -0.39 is 215 Å². The Hall–Kier alpha value is -10.2. The highest BCUT2D eigenvalue weighted by molar-refractivity contribution is 6.03. The van der Waals surface area contributed by atoms with Gasteiger partial charge in [-0.1, -0.05) is 191 Å². The molecule has 0 saturated carbocycles. The van der Waals surface area contributed by atoms with E-state index in [2.05, 4.69) is 63.8 Å². The highest BCUT2D eigenvalue weighted by Gasteiger charge is 2.45. The van der Waals surface area contributed by atoms with Gasteiger partial charge in [0, 0.05) is 32.5 Å². The Kier molecular flexibility index (Phi) is 41.0. The molecule has 3 aromatic carbocycles. The smallest absolute Gasteiger partial charge is 0.329 e. The van der Waals surface area contributed by atoms with Crippen LogP contribution in [0.3, 0.4) is 0 Å². The number of amides is 13. The lowest BCUT2D eigenvalue weighted by Crippen LogP contribution is -2.64. The number of aliphatic hydroxyl groups excluding tert-OH is 1. The van der Waals surface area contributed by atoms with Gasteiger partial charge < -0.3 is 78.5 Å². The molecule has 2 aliphatic rings. The number of nitrogens with zero attached hydrogens (tertiary/aromatic N) is 2. The number of hydrogen-bond donors (Lipinski definition) is 13. The van der Waals surface area contributed by atoms with Crippen molar-refractivity contribution in [2.45, 2.75) is 294 Å². The van der Waals surface area contributed by atoms with E-state index in [0.29, 0.717) is 29.0 Å². The molecule has 13 amide bonds. The van der Waals surface area contributed by atoms with Crippen LogP contribution in [0.5, 0.6) is 0 Å². The van der Waals surface area contributed by atoms with Gasteiger partial charge in [0.25, 0.3) is 5.91 Å². The molecule has 0 aromatic heterocycles. The number of benzene rings is 3. The number of nitrogens with one attached hydrogen (secondary N) is 12. The first kappa shape index (κ1) is 101. The zero-order valence-corrected chi connectivity index (χ0v) is 73.9. The number of halogens is 2. The van der Waals surface area contributed by atoms with Gasteiger partial charge in [-0.25, -0.2) is 13.6 Å². The molecule has 670 valence electrons. The minimum Gasteiger partial charge on any atom is -0.458 e. The first-order chi connectivity index (χ1) is 57.0. The summed E-state index contributed by atoms with van der Waals surface area (Å²) in [5.41, 5.74) is 1.75. The number of carbonyl (C=O) groups excluding carboxylic acids is 14. The molecule has 5 rings (SSSR count). The molecule has 2 fully saturated rings. The van der Waals surface area contributed by atoms with E-state index in [1.165, 1.54) is 56.0 Å². The Morgan fingerprint density at radius 2 is 1.08 bits per heavy atom. The van der Waals surface area contributed by atoms with Gasteiger partial charge in [-0.05, 0) is 148 Å². The molecule has 2 saturated heterocycles. The van der Waals surface area contributed by atoms with Gasteiger partial charge >= 0.3 is 5.97 Å². The Morgan fingerprint density at radius 1 is 0.562 bits per heavy atom. The topological polar surface area (TPSA) is 419 Å². The highest BCUT2D eigenvalue weighted by atomic mass is 19.1. The molecule has 30 nitrogen and oxygen atoms in total. The summed E-state index contributed by atoms with van der Waals surface area (Å²) in [6, 6.07) is 3.24. The Labute approximate surface area is 711 Å². The zero-order valence-electron chi connectivity index (χ0n) is 73.9. The number of aliphatic hydroxyl groups is 1. The summed E-state index contributed by atoms with van der Waals surface area (Å²) in [6.07, 6.45) is 0.499. The Morgan fingerprint density at radius 3 is 1.60 bits per heavy atom. The second kappa shape index (κ2) is 49.0. The van der Waals surface area contributed by atoms with Gasteiger partial charge in [-0.15, -0.1) is 0 Å². The number of esters is 1. The average molecular weight is 1690 g/mol. The van der Waals surface area contributed by atoms with Crippen LogP contribution < -0.4 is 63.8 Å². The summed E-state index contributed by atoms with van der Waals surface area (Å²) < 4.78 is 34.7. The third kappa shape index (κ3) is 31.3. The van der Waals surface area contributed by atoms with E-state index in [0.717, 1.165) is 6.42 Å². The monoisotopic (exact) mass is 1690 g/mol. The predicted octanol–water partition coefficient (Wildman–Crippen LogP) is 5.86. The number of carbonyl (C=O) groups is 14. The van der Waals surface area contributed by atoms with Crippen LogP contribution in [0.4, 0.5) is 8.78 Å². The fraction of sp³-hybridized carbons (Fsp3) is 0.618. The largest absolute Gasteiger partial charge is 0.458 e. The molecule has 0 bridgehead atoms. The standard InChI is InChI=1S/C89H134F2N14O16/c1-20-54(16)73(85(116)103-76-57(19)121-89(120)72(53(14)15)99-77(108)63(22-3)92-79(110)65(45-58-30-24-23-25-31-58)94-81(112)69(50(8)9)96-84(115)74(55(17)21-2)101-87(76)118)100-78(109)64(32-27-43-104(46-59-35-39-61(90)40-36-59)47-60-37-41-62(91)42-38-60)93-80(111)66-33-28-44-105(66)88(119)71(52(12)13)98-83(114)70(51(10)11)97-86(117)75(56(18)106)102-82(113)68(49(6)7)95-67(107)34-26-29-48(4)5/h22-25,30-31,35-42,48-57,64-66,68-76,106H,20-21,26-29,32-34,43-47H2,1-19H3,(H,92,110)(H,93,111)(H,94,112)(H,95,107)(H,96,115)(H,97,117)(H,98,114)(H,99,108)(H,100,109)(H,101,118)(H,102,113)(H,103,116)/b63-22-/t54-,55-,56+,57+,64-,65-,66+,68+,69+,70-,71+,72-,73+,74+,75-,76+/m0/s1. The molecule has 0 aliphatic carbocycles. The lowest BCUT2D eigenvalue weighted by molar-refractivity contribution is -0.157. The van der Waals surface area contributed by atoms with Crippen molar-refractivity contribution in [3.8, 4) is 0 Å². The third-order valence-corrected chi connectivity index (χ3v) is 22.2. The minimum absolute atomic E-state index is 0.0150. The van der Waals surface area contributed by atoms with Gasteiger partial charge in [0.05, 0.1) is 6.10 Å². The molecule has 13 N–H and O–H groups in total. The van der Waals surface area contributed by atoms with Gasteiger partial charge in [0.1, 0.15) is 95.9 Å². The fourth-order valence-corrected chi connectivity index (χ4v) is 14.2. The van der Waals surface area contributed by atoms with Crippen LogP contribution in [0.25, 0.3) is 0 Å². The normalized spacial score (nSPS) is 21.1. The van der Waals surface area contributed by atoms with Crippen molar-refractivity contribution < 1.29 is 85.7 Å². The van der Waals surface area contributed by atoms with Crippen LogP contribution in [0.15, 0.2) is 90.6 Å². The second-order valence-electron chi connectivity index (χ2n) is 34.4. The lowest BCUT2D eigenvalue weighted by Gasteiger charge is -2.34. The van der Waals surface area contributed by atoms with Crippen LogP contribution in [0.2, 0.25) is 0 Å². The van der Waals surface area contributed by atoms with Crippen LogP contribution >= 0.6 is 0 Å². The minimum atomic E-state index is -1.89. The van der Waals surface area contributed by atoms with E-state index in [-0.39, 0.29) is 89.1 Å². The SMILES string of the molecule is C/C=C1\NC(=O)[C@H](Cc2ccccc2)NC(=O)[C@@H](C(C)C)NC(=O)[C@@H]([C@@H](C)CC)NC(=O)[C@H](NC(=O)[C@H](NC(=O)[C@H](CCCN(Cc2ccc(F)cc2)Cc2ccc(F)cc2)NC(=O)[C@H]2CCCN2C(=O)[C@H](NC(=O)[C@@H](NC(=O)[C@@H](NC(=O)[C@H](NC(=O)CCCC(C)C)C(C)C)[C@@H](C)O)C(C)C)C(C)C)[C@@H](C)CC)[C@@H](C)OC(=O)[C@H](C(C)C)NC1=O. The number of rotatable bonds is 38. The van der Waals surface area contributed by atoms with Crippen LogP contribution in [0.1, 0.15) is 206 Å². The van der Waals surface area contributed by atoms with Crippen LogP contribution in [0, 0.1) is 59.0 Å². The molecule has 2 aliphatic heterocycles. The van der Waals surface area contributed by atoms with Gasteiger partial charge in [-0.3, -0.25) is 67.2 Å². The van der Waals surface area contributed by atoms with E-state index in [1.54, 1.807) is 152 Å². The van der Waals surface area contributed by atoms with Crippen LogP contribution in [-0.2, 0) is 91.4 Å². The summed E-state index contributed by atoms with van der Waals surface area (Å²) >= 11 is 0. The highest BCUT2D eigenvalue weighted by Crippen LogP contribution is 2.25. The molecule has 0 unspecified atom stereocenters. The summed E-state index contributed by atoms with van der Waals surface area (Å²) in [6.45, 7) is 32.1. The summed E-state index contributed by atoms with van der Waals surface area (Å²) in [4.78, 5) is 208. The number of hydrogen-bond acceptors (Lipinski definition) is 17. The number of likely N-dealkylation sites (tertiary alicyclic amines) is 1. The lowest BCUT2D eigenvalue weighted by atomic mass is 9.95. The predicted molar refractivity (Wildman–Crippen MR) is 453 cm³/mol. The van der Waals surface area contributed by atoms with Crippen molar-refractivity contribution in [1.29, 1.82) is 0 Å². The van der Waals surface area contributed by atoms with Gasteiger partial charge in [-0.2, -0.15) is 0 Å². The van der Waals surface area contributed by atoms with E-state index >= 15 is 24.0 Å². The van der Waals surface area contributed by atoms with Crippen LogP contribution in [-0.4, -0.2) is 195 Å². The fourth-order valence-electron chi connectivity index (χ4n) is 14.2. The van der Waals surface area contributed by atoms with E-state index in [9.17, 15) is 57.0 Å². The molecule has 0 spiro atoms. The molecule has 0 radical (unpaired) electrons. The Balaban J connectivity index is 1.53. The maximum atomic E-state index is 15.5. The Bertz CT molecular complexity index is 3970. The molecule has 121 heavy (non-hydrogen) atoms. The first-order valence-electron chi connectivity index (χ1n) is 42.8. The molecule has 3 aromatic rings. The van der Waals surface area contributed by atoms with Crippen molar-refractivity contribution in [3.05, 3.63) is 119 Å². The van der Waals surface area contributed by atoms with Crippen molar-refractivity contribution in [3.63, 3.8) is 0 Å². The molecule has 32 heteroatoms. The maximum Gasteiger partial charge on any atom is 0.329 e. The molecular weight excluding hydrogens is 1560 g/mol. The molecule has 2 heterocycles. The number of allylic oxidation sites excluding steroid dienone is 1. The zero-order chi connectivity index (χ0) is 90.4. The van der Waals surface area contributed by atoms with Crippen molar-refractivity contribution in [2.75, 3.05) is 13.1 Å². The summed E-state index contributed by atoms with van der Waals surface area (Å²) in [5, 5.41) is 43.6. The van der Waals surface area contributed by atoms with Gasteiger partial charge in [0.2, 0.25) is 70.9 Å². The second-order valence-corrected chi connectivity index (χ2v) is 34.4. The summed E-state index contributed by atoms with van der Waals surface area (Å²) in [5.74, 6) is -16.8. The average Bonchev–Trinajstić information content (AvgIpc) is 1.80.